The Hall–Kier alpha value is -1.42. The van der Waals surface area contributed by atoms with Crippen molar-refractivity contribution in [2.24, 2.45) is 0 Å². The van der Waals surface area contributed by atoms with Crippen molar-refractivity contribution >= 4 is 5.65 Å². The van der Waals surface area contributed by atoms with Gasteiger partial charge in [0.05, 0.1) is 0 Å². The van der Waals surface area contributed by atoms with Gasteiger partial charge in [-0.25, -0.2) is 9.50 Å². The van der Waals surface area contributed by atoms with E-state index in [0.717, 1.165) is 25.0 Å². The molecule has 0 fully saturated rings. The number of aromatic nitrogens is 3. The van der Waals surface area contributed by atoms with Gasteiger partial charge >= 0.3 is 0 Å². The van der Waals surface area contributed by atoms with Gasteiger partial charge in [-0.15, -0.1) is 0 Å². The molecule has 4 heteroatoms. The minimum absolute atomic E-state index is 0.444. The Morgan fingerprint density at radius 2 is 2.11 bits per heavy atom. The van der Waals surface area contributed by atoms with E-state index in [-0.39, 0.29) is 0 Å². The second-order valence-electron chi connectivity index (χ2n) is 5.25. The van der Waals surface area contributed by atoms with Gasteiger partial charge in [0.15, 0.2) is 5.65 Å². The van der Waals surface area contributed by atoms with Gasteiger partial charge in [0.25, 0.3) is 0 Å². The molecule has 2 atom stereocenters. The van der Waals surface area contributed by atoms with Gasteiger partial charge in [-0.2, -0.15) is 5.10 Å². The highest BCUT2D eigenvalue weighted by molar-refractivity contribution is 5.42. The van der Waals surface area contributed by atoms with Gasteiger partial charge in [-0.1, -0.05) is 13.8 Å². The maximum atomic E-state index is 4.37. The predicted molar refractivity (Wildman–Crippen MR) is 78.5 cm³/mol. The van der Waals surface area contributed by atoms with E-state index < -0.39 is 0 Å². The third-order valence-corrected chi connectivity index (χ3v) is 3.69. The normalized spacial score (nSPS) is 14.7. The number of nitrogens with one attached hydrogen (secondary N) is 1. The summed E-state index contributed by atoms with van der Waals surface area (Å²) in [6.45, 7) is 9.87. The molecule has 0 bridgehead atoms. The number of hydrogen-bond donors (Lipinski definition) is 1. The van der Waals surface area contributed by atoms with Crippen molar-refractivity contribution in [2.75, 3.05) is 6.54 Å². The number of hydrogen-bond acceptors (Lipinski definition) is 3. The van der Waals surface area contributed by atoms with Gasteiger partial charge in [0.2, 0.25) is 0 Å². The van der Waals surface area contributed by atoms with Gasteiger partial charge in [0.1, 0.15) is 6.33 Å². The van der Waals surface area contributed by atoms with Crippen molar-refractivity contribution in [1.82, 2.24) is 19.9 Å². The van der Waals surface area contributed by atoms with E-state index in [9.17, 15) is 0 Å². The molecule has 2 unspecified atom stereocenters. The zero-order valence-electron chi connectivity index (χ0n) is 12.3. The van der Waals surface area contributed by atoms with E-state index in [1.165, 1.54) is 11.3 Å². The number of nitrogens with zero attached hydrogens (tertiary/aromatic N) is 3. The van der Waals surface area contributed by atoms with Crippen LogP contribution < -0.4 is 5.32 Å². The van der Waals surface area contributed by atoms with E-state index >= 15 is 0 Å². The van der Waals surface area contributed by atoms with Crippen LogP contribution in [0, 0.1) is 6.92 Å². The summed E-state index contributed by atoms with van der Waals surface area (Å²) in [5.41, 5.74) is 3.44. The molecular formula is C15H24N4. The number of aryl methyl sites for hydroxylation is 1. The Balaban J connectivity index is 2.36. The summed E-state index contributed by atoms with van der Waals surface area (Å²) in [5.74, 6) is 0.454. The lowest BCUT2D eigenvalue weighted by atomic mass is 9.93. The van der Waals surface area contributed by atoms with Crippen molar-refractivity contribution in [3.8, 4) is 0 Å². The maximum Gasteiger partial charge on any atom is 0.155 e. The molecule has 104 valence electrons. The molecular weight excluding hydrogens is 236 g/mol. The van der Waals surface area contributed by atoms with Crippen LogP contribution in [0.25, 0.3) is 5.65 Å². The molecule has 0 spiro atoms. The average Bonchev–Trinajstić information content (AvgIpc) is 2.85. The standard InChI is InChI=1S/C15H24N4/c1-5-7-16-12(4)13(6-2)14-8-11(3)9-15-17-10-18-19(14)15/h8-10,12-13,16H,5-7H2,1-4H3. The number of fused-ring (bicyclic) bond motifs is 1. The first-order valence-corrected chi connectivity index (χ1v) is 7.21. The fraction of sp³-hybridized carbons (Fsp3) is 0.600. The van der Waals surface area contributed by atoms with E-state index in [1.807, 2.05) is 4.52 Å². The Bertz CT molecular complexity index is 532. The molecule has 2 rings (SSSR count). The lowest BCUT2D eigenvalue weighted by Gasteiger charge is -2.25. The van der Waals surface area contributed by atoms with E-state index in [2.05, 4.69) is 55.2 Å². The molecule has 2 aromatic heterocycles. The van der Waals surface area contributed by atoms with Crippen LogP contribution >= 0.6 is 0 Å². The lowest BCUT2D eigenvalue weighted by Crippen LogP contribution is -2.33. The minimum Gasteiger partial charge on any atom is -0.314 e. The van der Waals surface area contributed by atoms with Crippen molar-refractivity contribution in [1.29, 1.82) is 0 Å². The molecule has 0 aliphatic heterocycles. The molecule has 0 aliphatic carbocycles. The van der Waals surface area contributed by atoms with Gasteiger partial charge in [-0.05, 0) is 50.9 Å². The highest BCUT2D eigenvalue weighted by Crippen LogP contribution is 2.24. The SMILES string of the molecule is CCCNC(C)C(CC)c1cc(C)cc2ncnn12. The zero-order chi connectivity index (χ0) is 13.8. The highest BCUT2D eigenvalue weighted by Gasteiger charge is 2.20. The Kier molecular flexibility index (Phi) is 4.53. The van der Waals surface area contributed by atoms with E-state index in [1.54, 1.807) is 6.33 Å². The van der Waals surface area contributed by atoms with Crippen LogP contribution in [0.15, 0.2) is 18.5 Å². The Morgan fingerprint density at radius 3 is 2.79 bits per heavy atom. The topological polar surface area (TPSA) is 42.2 Å². The summed E-state index contributed by atoms with van der Waals surface area (Å²) < 4.78 is 1.98. The molecule has 2 aromatic rings. The van der Waals surface area contributed by atoms with Gasteiger partial charge in [0, 0.05) is 17.7 Å². The minimum atomic E-state index is 0.444. The maximum absolute atomic E-state index is 4.37. The molecule has 0 radical (unpaired) electrons. The predicted octanol–water partition coefficient (Wildman–Crippen LogP) is 2.92. The van der Waals surface area contributed by atoms with E-state index in [4.69, 9.17) is 0 Å². The summed E-state index contributed by atoms with van der Waals surface area (Å²) in [4.78, 5) is 4.31. The fourth-order valence-corrected chi connectivity index (χ4v) is 2.68. The van der Waals surface area contributed by atoms with Crippen LogP contribution in [0.3, 0.4) is 0 Å². The number of pyridine rings is 1. The summed E-state index contributed by atoms with van der Waals surface area (Å²) in [6, 6.07) is 4.76. The van der Waals surface area contributed by atoms with Crippen LogP contribution in [0.4, 0.5) is 0 Å². The second kappa shape index (κ2) is 6.15. The molecule has 0 saturated carbocycles. The lowest BCUT2D eigenvalue weighted by molar-refractivity contribution is 0.437. The Morgan fingerprint density at radius 1 is 1.32 bits per heavy atom. The summed E-state index contributed by atoms with van der Waals surface area (Å²) in [5, 5.41) is 7.97. The molecule has 2 heterocycles. The molecule has 4 nitrogen and oxygen atoms in total. The van der Waals surface area contributed by atoms with Crippen LogP contribution in [0.2, 0.25) is 0 Å². The summed E-state index contributed by atoms with van der Waals surface area (Å²) in [7, 11) is 0. The van der Waals surface area contributed by atoms with Gasteiger partial charge in [-0.3, -0.25) is 0 Å². The molecule has 0 saturated heterocycles. The second-order valence-corrected chi connectivity index (χ2v) is 5.25. The molecule has 0 amide bonds. The molecule has 0 aliphatic rings. The van der Waals surface area contributed by atoms with Crippen LogP contribution in [-0.2, 0) is 0 Å². The first kappa shape index (κ1) is 14.0. The largest absolute Gasteiger partial charge is 0.314 e. The molecule has 19 heavy (non-hydrogen) atoms. The summed E-state index contributed by atoms with van der Waals surface area (Å²) >= 11 is 0. The van der Waals surface area contributed by atoms with Crippen LogP contribution in [-0.4, -0.2) is 27.2 Å². The Labute approximate surface area is 115 Å². The van der Waals surface area contributed by atoms with E-state index in [0.29, 0.717) is 12.0 Å². The third-order valence-electron chi connectivity index (χ3n) is 3.69. The quantitative estimate of drug-likeness (QED) is 0.868. The third kappa shape index (κ3) is 2.95. The summed E-state index contributed by atoms with van der Waals surface area (Å²) in [6.07, 6.45) is 3.89. The number of rotatable bonds is 6. The van der Waals surface area contributed by atoms with Gasteiger partial charge < -0.3 is 5.32 Å². The van der Waals surface area contributed by atoms with Crippen molar-refractivity contribution < 1.29 is 0 Å². The van der Waals surface area contributed by atoms with Crippen molar-refractivity contribution in [2.45, 2.75) is 52.5 Å². The van der Waals surface area contributed by atoms with Crippen molar-refractivity contribution in [3.63, 3.8) is 0 Å². The molecule has 1 N–H and O–H groups in total. The first-order chi connectivity index (χ1) is 9.17. The van der Waals surface area contributed by atoms with Crippen molar-refractivity contribution in [3.05, 3.63) is 29.7 Å². The average molecular weight is 260 g/mol. The fourth-order valence-electron chi connectivity index (χ4n) is 2.68. The van der Waals surface area contributed by atoms with Crippen LogP contribution in [0.1, 0.15) is 50.8 Å². The zero-order valence-corrected chi connectivity index (χ0v) is 12.3. The monoisotopic (exact) mass is 260 g/mol. The smallest absolute Gasteiger partial charge is 0.155 e. The highest BCUT2D eigenvalue weighted by atomic mass is 15.3. The molecule has 0 aromatic carbocycles. The van der Waals surface area contributed by atoms with Crippen LogP contribution in [0.5, 0.6) is 0 Å². The first-order valence-electron chi connectivity index (χ1n) is 7.21.